The summed E-state index contributed by atoms with van der Waals surface area (Å²) in [5, 5.41) is 0. The monoisotopic (exact) mass is 389 g/mol. The molecule has 1 amide bonds. The van der Waals surface area contributed by atoms with Crippen LogP contribution in [-0.4, -0.2) is 46.8 Å². The quantitative estimate of drug-likeness (QED) is 0.744. The Labute approximate surface area is 130 Å². The van der Waals surface area contributed by atoms with E-state index in [9.17, 15) is 4.79 Å². The van der Waals surface area contributed by atoms with E-state index in [1.807, 2.05) is 24.0 Å². The van der Waals surface area contributed by atoms with Crippen molar-refractivity contribution < 1.29 is 4.79 Å². The Bertz CT molecular complexity index is 430. The lowest BCUT2D eigenvalue weighted by Crippen LogP contribution is -2.50. The Morgan fingerprint density at radius 1 is 1.37 bits per heavy atom. The zero-order valence-electron chi connectivity index (χ0n) is 10.9. The number of carbonyl (C=O) groups is 1. The standard InChI is InChI=1S/C13H17Br2N3O/c1-2-11(15)13(19)18-7-5-17(6-8-18)12-4-3-10(14)9-16-12/h3-4,9,11H,2,5-8H2,1H3. The van der Waals surface area contributed by atoms with Crippen LogP contribution in [0.15, 0.2) is 22.8 Å². The molecule has 1 aromatic heterocycles. The average molecular weight is 391 g/mol. The molecule has 1 fully saturated rings. The van der Waals surface area contributed by atoms with Crippen LogP contribution in [-0.2, 0) is 4.79 Å². The van der Waals surface area contributed by atoms with Crippen molar-refractivity contribution >= 4 is 43.6 Å². The smallest absolute Gasteiger partial charge is 0.236 e. The zero-order chi connectivity index (χ0) is 13.8. The second-order valence-electron chi connectivity index (χ2n) is 4.52. The van der Waals surface area contributed by atoms with Gasteiger partial charge in [-0.15, -0.1) is 0 Å². The minimum absolute atomic E-state index is 0.0511. The Balaban J connectivity index is 1.92. The van der Waals surface area contributed by atoms with Gasteiger partial charge < -0.3 is 9.80 Å². The minimum Gasteiger partial charge on any atom is -0.353 e. The fraction of sp³-hybridized carbons (Fsp3) is 0.538. The fourth-order valence-corrected chi connectivity index (χ4v) is 2.61. The van der Waals surface area contributed by atoms with E-state index in [0.29, 0.717) is 0 Å². The summed E-state index contributed by atoms with van der Waals surface area (Å²) < 4.78 is 0.982. The highest BCUT2D eigenvalue weighted by molar-refractivity contribution is 9.10. The lowest BCUT2D eigenvalue weighted by molar-refractivity contribution is -0.130. The van der Waals surface area contributed by atoms with Gasteiger partial charge in [-0.25, -0.2) is 4.98 Å². The van der Waals surface area contributed by atoms with Gasteiger partial charge in [-0.2, -0.15) is 0 Å². The zero-order valence-corrected chi connectivity index (χ0v) is 14.0. The van der Waals surface area contributed by atoms with Crippen molar-refractivity contribution in [2.45, 2.75) is 18.2 Å². The van der Waals surface area contributed by atoms with Crippen molar-refractivity contribution in [2.24, 2.45) is 0 Å². The van der Waals surface area contributed by atoms with Crippen LogP contribution in [0.5, 0.6) is 0 Å². The van der Waals surface area contributed by atoms with E-state index in [1.54, 1.807) is 6.20 Å². The fourth-order valence-electron chi connectivity index (χ4n) is 2.08. The largest absolute Gasteiger partial charge is 0.353 e. The first-order valence-electron chi connectivity index (χ1n) is 6.41. The minimum atomic E-state index is -0.0511. The number of halogens is 2. The number of pyridine rings is 1. The predicted molar refractivity (Wildman–Crippen MR) is 83.7 cm³/mol. The van der Waals surface area contributed by atoms with Gasteiger partial charge >= 0.3 is 0 Å². The van der Waals surface area contributed by atoms with E-state index in [-0.39, 0.29) is 10.7 Å². The van der Waals surface area contributed by atoms with Crippen LogP contribution >= 0.6 is 31.9 Å². The predicted octanol–water partition coefficient (Wildman–Crippen LogP) is 2.67. The van der Waals surface area contributed by atoms with Crippen molar-refractivity contribution in [3.63, 3.8) is 0 Å². The number of piperazine rings is 1. The molecule has 2 heterocycles. The number of aromatic nitrogens is 1. The summed E-state index contributed by atoms with van der Waals surface area (Å²) in [6.45, 7) is 5.21. The van der Waals surface area contributed by atoms with E-state index in [0.717, 1.165) is 42.9 Å². The molecule has 0 bridgehead atoms. The molecule has 0 aromatic carbocycles. The summed E-state index contributed by atoms with van der Waals surface area (Å²) in [6.07, 6.45) is 2.63. The van der Waals surface area contributed by atoms with E-state index < -0.39 is 0 Å². The van der Waals surface area contributed by atoms with Crippen LogP contribution in [0.1, 0.15) is 13.3 Å². The van der Waals surface area contributed by atoms with E-state index in [4.69, 9.17) is 0 Å². The van der Waals surface area contributed by atoms with E-state index in [2.05, 4.69) is 41.7 Å². The summed E-state index contributed by atoms with van der Waals surface area (Å²) in [4.78, 5) is 20.5. The summed E-state index contributed by atoms with van der Waals surface area (Å²) in [5.74, 6) is 1.17. The summed E-state index contributed by atoms with van der Waals surface area (Å²) in [6, 6.07) is 3.99. The molecular weight excluding hydrogens is 374 g/mol. The first-order valence-corrected chi connectivity index (χ1v) is 8.12. The molecule has 1 aliphatic heterocycles. The second kappa shape index (κ2) is 6.70. The second-order valence-corrected chi connectivity index (χ2v) is 6.54. The van der Waals surface area contributed by atoms with Gasteiger partial charge in [-0.3, -0.25) is 4.79 Å². The number of carbonyl (C=O) groups excluding carboxylic acids is 1. The normalized spacial score (nSPS) is 17.4. The number of amides is 1. The number of rotatable bonds is 3. The van der Waals surface area contributed by atoms with Gasteiger partial charge in [0.25, 0.3) is 0 Å². The Hall–Kier alpha value is -0.620. The number of alkyl halides is 1. The summed E-state index contributed by atoms with van der Waals surface area (Å²) in [7, 11) is 0. The molecule has 1 atom stereocenters. The van der Waals surface area contributed by atoms with Gasteiger partial charge in [-0.1, -0.05) is 22.9 Å². The van der Waals surface area contributed by atoms with Gasteiger partial charge in [0.05, 0.1) is 4.83 Å². The van der Waals surface area contributed by atoms with Gasteiger partial charge in [-0.05, 0) is 34.5 Å². The number of nitrogens with zero attached hydrogens (tertiary/aromatic N) is 3. The van der Waals surface area contributed by atoms with Crippen LogP contribution in [0.4, 0.5) is 5.82 Å². The highest BCUT2D eigenvalue weighted by atomic mass is 79.9. The maximum atomic E-state index is 12.1. The van der Waals surface area contributed by atoms with E-state index in [1.165, 1.54) is 0 Å². The SMILES string of the molecule is CCC(Br)C(=O)N1CCN(c2ccc(Br)cn2)CC1. The highest BCUT2D eigenvalue weighted by Crippen LogP contribution is 2.18. The molecule has 104 valence electrons. The molecule has 0 spiro atoms. The molecule has 19 heavy (non-hydrogen) atoms. The third-order valence-corrected chi connectivity index (χ3v) is 4.76. The van der Waals surface area contributed by atoms with Crippen molar-refractivity contribution in [3.05, 3.63) is 22.8 Å². The van der Waals surface area contributed by atoms with Crippen LogP contribution in [0, 0.1) is 0 Å². The van der Waals surface area contributed by atoms with Crippen LogP contribution in [0.2, 0.25) is 0 Å². The van der Waals surface area contributed by atoms with Gasteiger partial charge in [0.15, 0.2) is 0 Å². The maximum Gasteiger partial charge on any atom is 0.236 e. The molecular formula is C13H17Br2N3O. The Kier molecular flexibility index (Phi) is 5.21. The number of hydrogen-bond donors (Lipinski definition) is 0. The van der Waals surface area contributed by atoms with Crippen molar-refractivity contribution in [1.29, 1.82) is 0 Å². The van der Waals surface area contributed by atoms with Crippen molar-refractivity contribution in [1.82, 2.24) is 9.88 Å². The molecule has 0 N–H and O–H groups in total. The first-order chi connectivity index (χ1) is 9.11. The molecule has 2 rings (SSSR count). The lowest BCUT2D eigenvalue weighted by Gasteiger charge is -2.36. The van der Waals surface area contributed by atoms with Crippen LogP contribution < -0.4 is 4.90 Å². The molecule has 0 radical (unpaired) electrons. The summed E-state index contributed by atoms with van der Waals surface area (Å²) in [5.41, 5.74) is 0. The van der Waals surface area contributed by atoms with Crippen molar-refractivity contribution in [2.75, 3.05) is 31.1 Å². The number of hydrogen-bond acceptors (Lipinski definition) is 3. The topological polar surface area (TPSA) is 36.4 Å². The Morgan fingerprint density at radius 2 is 2.05 bits per heavy atom. The Morgan fingerprint density at radius 3 is 2.58 bits per heavy atom. The van der Waals surface area contributed by atoms with E-state index >= 15 is 0 Å². The van der Waals surface area contributed by atoms with Gasteiger partial charge in [0.2, 0.25) is 5.91 Å². The average Bonchev–Trinajstić information content (AvgIpc) is 2.46. The number of anilines is 1. The van der Waals surface area contributed by atoms with Crippen LogP contribution in [0.25, 0.3) is 0 Å². The highest BCUT2D eigenvalue weighted by Gasteiger charge is 2.25. The molecule has 6 heteroatoms. The molecule has 1 saturated heterocycles. The lowest BCUT2D eigenvalue weighted by atomic mass is 10.2. The summed E-state index contributed by atoms with van der Waals surface area (Å²) >= 11 is 6.81. The molecule has 4 nitrogen and oxygen atoms in total. The molecule has 1 aliphatic rings. The molecule has 0 aliphatic carbocycles. The maximum absolute atomic E-state index is 12.1. The van der Waals surface area contributed by atoms with Gasteiger partial charge in [0.1, 0.15) is 5.82 Å². The molecule has 0 saturated carbocycles. The third kappa shape index (κ3) is 3.69. The molecule has 1 unspecified atom stereocenters. The molecule has 1 aromatic rings. The van der Waals surface area contributed by atoms with Gasteiger partial charge in [0, 0.05) is 36.8 Å². The van der Waals surface area contributed by atoms with Crippen LogP contribution in [0.3, 0.4) is 0 Å². The van der Waals surface area contributed by atoms with Crippen molar-refractivity contribution in [3.8, 4) is 0 Å². The first kappa shape index (κ1) is 14.8. The third-order valence-electron chi connectivity index (χ3n) is 3.25.